The summed E-state index contributed by atoms with van der Waals surface area (Å²) in [5.41, 5.74) is 0.0608. The van der Waals surface area contributed by atoms with Crippen LogP contribution in [-0.2, 0) is 9.59 Å². The van der Waals surface area contributed by atoms with Gasteiger partial charge in [0.2, 0.25) is 11.8 Å². The molecule has 0 radical (unpaired) electrons. The first kappa shape index (κ1) is 14.5. The lowest BCUT2D eigenvalue weighted by Crippen LogP contribution is -2.53. The van der Waals surface area contributed by atoms with E-state index in [0.29, 0.717) is 0 Å². The fraction of sp³-hybridized carbons (Fsp3) is 0.231. The van der Waals surface area contributed by atoms with E-state index in [9.17, 15) is 19.2 Å². The van der Waals surface area contributed by atoms with Crippen LogP contribution in [0.5, 0.6) is 0 Å². The Hall–Kier alpha value is -2.90. The number of urea groups is 1. The van der Waals surface area contributed by atoms with Gasteiger partial charge in [-0.15, -0.1) is 0 Å². The molecule has 1 heterocycles. The Balaban J connectivity index is 2.01. The average Bonchev–Trinajstić information content (AvgIpc) is 2.42. The molecule has 0 aliphatic carbocycles. The number of carboxylic acids is 1. The van der Waals surface area contributed by atoms with E-state index < -0.39 is 23.9 Å². The molecule has 1 aromatic rings. The summed E-state index contributed by atoms with van der Waals surface area (Å²) in [5.74, 6) is -2.13. The molecular weight excluding hydrogens is 278 g/mol. The van der Waals surface area contributed by atoms with Gasteiger partial charge >= 0.3 is 12.0 Å². The molecule has 4 amide bonds. The van der Waals surface area contributed by atoms with Gasteiger partial charge in [0.15, 0.2) is 0 Å². The fourth-order valence-electron chi connectivity index (χ4n) is 1.93. The Kier molecular flexibility index (Phi) is 4.17. The fourth-order valence-corrected chi connectivity index (χ4v) is 1.93. The number of hydrogen-bond donors (Lipinski definition) is 4. The molecule has 1 aromatic carbocycles. The molecule has 0 saturated carbocycles. The lowest BCUT2D eigenvalue weighted by molar-refractivity contribution is -0.134. The van der Waals surface area contributed by atoms with E-state index in [-0.39, 0.29) is 30.0 Å². The maximum Gasteiger partial charge on any atom is 0.337 e. The van der Waals surface area contributed by atoms with Gasteiger partial charge in [-0.2, -0.15) is 0 Å². The average molecular weight is 291 g/mol. The molecule has 21 heavy (non-hydrogen) atoms. The summed E-state index contributed by atoms with van der Waals surface area (Å²) in [4.78, 5) is 45.3. The predicted molar refractivity (Wildman–Crippen MR) is 71.7 cm³/mol. The number of piperidine rings is 1. The number of imide groups is 1. The second-order valence-electron chi connectivity index (χ2n) is 4.45. The van der Waals surface area contributed by atoms with Gasteiger partial charge in [-0.1, -0.05) is 12.1 Å². The van der Waals surface area contributed by atoms with Crippen molar-refractivity contribution in [3.8, 4) is 0 Å². The van der Waals surface area contributed by atoms with Gasteiger partial charge in [0.1, 0.15) is 6.04 Å². The number of benzene rings is 1. The number of para-hydroxylation sites is 1. The Morgan fingerprint density at radius 1 is 1.24 bits per heavy atom. The van der Waals surface area contributed by atoms with Crippen molar-refractivity contribution in [2.24, 2.45) is 0 Å². The lowest BCUT2D eigenvalue weighted by Gasteiger charge is -2.22. The molecular formula is C13H13N3O5. The van der Waals surface area contributed by atoms with E-state index in [1.807, 2.05) is 0 Å². The predicted octanol–water partition coefficient (Wildman–Crippen LogP) is 0.311. The van der Waals surface area contributed by atoms with Gasteiger partial charge in [0.05, 0.1) is 11.3 Å². The van der Waals surface area contributed by atoms with Crippen molar-refractivity contribution in [3.63, 3.8) is 0 Å². The van der Waals surface area contributed by atoms with Crippen LogP contribution in [0.3, 0.4) is 0 Å². The van der Waals surface area contributed by atoms with Crippen LogP contribution >= 0.6 is 0 Å². The topological polar surface area (TPSA) is 125 Å². The number of nitrogens with one attached hydrogen (secondary N) is 3. The Morgan fingerprint density at radius 2 is 1.95 bits per heavy atom. The van der Waals surface area contributed by atoms with Crippen molar-refractivity contribution in [1.29, 1.82) is 0 Å². The van der Waals surface area contributed by atoms with E-state index in [1.165, 1.54) is 18.2 Å². The zero-order valence-corrected chi connectivity index (χ0v) is 10.9. The molecule has 0 aromatic heterocycles. The van der Waals surface area contributed by atoms with Crippen LogP contribution in [-0.4, -0.2) is 35.0 Å². The minimum Gasteiger partial charge on any atom is -0.478 e. The maximum absolute atomic E-state index is 11.8. The number of anilines is 1. The third-order valence-electron chi connectivity index (χ3n) is 2.95. The van der Waals surface area contributed by atoms with Gasteiger partial charge in [-0.05, 0) is 18.6 Å². The summed E-state index contributed by atoms with van der Waals surface area (Å²) in [6, 6.07) is 4.37. The zero-order chi connectivity index (χ0) is 15.4. The van der Waals surface area contributed by atoms with E-state index >= 15 is 0 Å². The van der Waals surface area contributed by atoms with E-state index in [1.54, 1.807) is 6.07 Å². The lowest BCUT2D eigenvalue weighted by atomic mass is 10.1. The first-order valence-corrected chi connectivity index (χ1v) is 6.21. The highest BCUT2D eigenvalue weighted by atomic mass is 16.4. The van der Waals surface area contributed by atoms with Crippen LogP contribution in [0, 0.1) is 0 Å². The van der Waals surface area contributed by atoms with Crippen molar-refractivity contribution < 1.29 is 24.3 Å². The number of carbonyl (C=O) groups is 4. The van der Waals surface area contributed by atoms with Gasteiger partial charge in [-0.3, -0.25) is 14.9 Å². The van der Waals surface area contributed by atoms with Crippen LogP contribution in [0.2, 0.25) is 0 Å². The smallest absolute Gasteiger partial charge is 0.337 e. The Morgan fingerprint density at radius 3 is 2.62 bits per heavy atom. The molecule has 8 heteroatoms. The highest BCUT2D eigenvalue weighted by Crippen LogP contribution is 2.15. The second-order valence-corrected chi connectivity index (χ2v) is 4.45. The molecule has 4 N–H and O–H groups in total. The molecule has 2 rings (SSSR count). The van der Waals surface area contributed by atoms with Crippen molar-refractivity contribution in [2.45, 2.75) is 18.9 Å². The third-order valence-corrected chi connectivity index (χ3v) is 2.95. The molecule has 0 bridgehead atoms. The number of carboxylic acid groups (broad SMARTS) is 1. The number of hydrogen-bond acceptors (Lipinski definition) is 4. The van der Waals surface area contributed by atoms with Gasteiger partial charge < -0.3 is 15.7 Å². The summed E-state index contributed by atoms with van der Waals surface area (Å²) in [7, 11) is 0. The minimum atomic E-state index is -1.17. The van der Waals surface area contributed by atoms with Crippen LogP contribution < -0.4 is 16.0 Å². The highest BCUT2D eigenvalue weighted by Gasteiger charge is 2.28. The Bertz CT molecular complexity index is 614. The maximum atomic E-state index is 11.8. The molecule has 8 nitrogen and oxygen atoms in total. The Labute approximate surface area is 119 Å². The molecule has 1 unspecified atom stereocenters. The first-order chi connectivity index (χ1) is 9.97. The van der Waals surface area contributed by atoms with Gasteiger partial charge in [-0.25, -0.2) is 9.59 Å². The highest BCUT2D eigenvalue weighted by molar-refractivity contribution is 6.04. The molecule has 1 atom stereocenters. The summed E-state index contributed by atoms with van der Waals surface area (Å²) >= 11 is 0. The normalized spacial score (nSPS) is 17.8. The van der Waals surface area contributed by atoms with Crippen LogP contribution in [0.4, 0.5) is 10.5 Å². The van der Waals surface area contributed by atoms with Crippen LogP contribution in [0.1, 0.15) is 23.2 Å². The van der Waals surface area contributed by atoms with Crippen LogP contribution in [0.25, 0.3) is 0 Å². The molecule has 110 valence electrons. The van der Waals surface area contributed by atoms with Crippen LogP contribution in [0.15, 0.2) is 24.3 Å². The van der Waals surface area contributed by atoms with Gasteiger partial charge in [0, 0.05) is 6.42 Å². The number of rotatable bonds is 3. The first-order valence-electron chi connectivity index (χ1n) is 6.21. The minimum absolute atomic E-state index is 0.0593. The number of amides is 4. The largest absolute Gasteiger partial charge is 0.478 e. The zero-order valence-electron chi connectivity index (χ0n) is 10.9. The SMILES string of the molecule is O=C1CCC(NC(=O)Nc2ccccc2C(=O)O)C(=O)N1. The summed E-state index contributed by atoms with van der Waals surface area (Å²) in [6.45, 7) is 0. The third kappa shape index (κ3) is 3.56. The van der Waals surface area contributed by atoms with Gasteiger partial charge in [0.25, 0.3) is 0 Å². The summed E-state index contributed by atoms with van der Waals surface area (Å²) in [6.07, 6.45) is 0.348. The molecule has 0 spiro atoms. The van der Waals surface area contributed by atoms with Crippen molar-refractivity contribution in [2.75, 3.05) is 5.32 Å². The molecule has 1 saturated heterocycles. The van der Waals surface area contributed by atoms with E-state index in [2.05, 4.69) is 16.0 Å². The van der Waals surface area contributed by atoms with E-state index in [0.717, 1.165) is 0 Å². The van der Waals surface area contributed by atoms with Crippen molar-refractivity contribution in [3.05, 3.63) is 29.8 Å². The monoisotopic (exact) mass is 291 g/mol. The quantitative estimate of drug-likeness (QED) is 0.597. The summed E-state index contributed by atoms with van der Waals surface area (Å²) < 4.78 is 0. The van der Waals surface area contributed by atoms with E-state index in [4.69, 9.17) is 5.11 Å². The number of aromatic carboxylic acids is 1. The van der Waals surface area contributed by atoms with Crippen molar-refractivity contribution >= 4 is 29.5 Å². The number of carbonyl (C=O) groups excluding carboxylic acids is 3. The molecule has 1 aliphatic rings. The second kappa shape index (κ2) is 6.04. The standard InChI is InChI=1S/C13H13N3O5/c17-10-6-5-9(11(18)16-10)15-13(21)14-8-4-2-1-3-7(8)12(19)20/h1-4,9H,5-6H2,(H,19,20)(H2,14,15,21)(H,16,17,18). The summed E-state index contributed by atoms with van der Waals surface area (Å²) in [5, 5.41) is 15.9. The van der Waals surface area contributed by atoms with Crippen molar-refractivity contribution in [1.82, 2.24) is 10.6 Å². The molecule has 1 fully saturated rings. The molecule has 1 aliphatic heterocycles.